The summed E-state index contributed by atoms with van der Waals surface area (Å²) in [5.41, 5.74) is 2.54. The van der Waals surface area contributed by atoms with Crippen molar-refractivity contribution in [2.45, 2.75) is 13.1 Å². The van der Waals surface area contributed by atoms with Crippen molar-refractivity contribution in [2.24, 2.45) is 0 Å². The lowest BCUT2D eigenvalue weighted by molar-refractivity contribution is -1.02. The fraction of sp³-hybridized carbons (Fsp3) is 0.455. The Morgan fingerprint density at radius 2 is 1.14 bits per heavy atom. The second kappa shape index (κ2) is 9.66. The lowest BCUT2D eigenvalue weighted by atomic mass is 10.1. The summed E-state index contributed by atoms with van der Waals surface area (Å²) in [4.78, 5) is 3.21. The van der Waals surface area contributed by atoms with Gasteiger partial charge in [0.25, 0.3) is 0 Å². The molecule has 1 heterocycles. The van der Waals surface area contributed by atoms with E-state index in [4.69, 9.17) is 18.9 Å². The molecule has 1 saturated heterocycles. The third-order valence-corrected chi connectivity index (χ3v) is 5.43. The van der Waals surface area contributed by atoms with Crippen molar-refractivity contribution in [1.29, 1.82) is 0 Å². The van der Waals surface area contributed by atoms with Crippen molar-refractivity contribution in [1.82, 2.24) is 0 Å². The number of ether oxygens (including phenoxy) is 4. The van der Waals surface area contributed by atoms with Gasteiger partial charge in [0.05, 0.1) is 28.4 Å². The van der Waals surface area contributed by atoms with Crippen molar-refractivity contribution in [3.8, 4) is 23.0 Å². The summed E-state index contributed by atoms with van der Waals surface area (Å²) in [6.07, 6.45) is 0. The number of hydrogen-bond donors (Lipinski definition) is 2. The Bertz CT molecular complexity index is 751. The van der Waals surface area contributed by atoms with Gasteiger partial charge < -0.3 is 28.7 Å². The summed E-state index contributed by atoms with van der Waals surface area (Å²) < 4.78 is 21.5. The van der Waals surface area contributed by atoms with Crippen molar-refractivity contribution in [3.05, 3.63) is 47.5 Å². The average molecular weight is 389 g/mol. The first kappa shape index (κ1) is 20.3. The van der Waals surface area contributed by atoms with E-state index in [0.717, 1.165) is 62.3 Å². The molecule has 0 radical (unpaired) electrons. The van der Waals surface area contributed by atoms with Gasteiger partial charge in [0, 0.05) is 17.2 Å². The van der Waals surface area contributed by atoms with E-state index in [-0.39, 0.29) is 0 Å². The summed E-state index contributed by atoms with van der Waals surface area (Å²) >= 11 is 0. The summed E-state index contributed by atoms with van der Waals surface area (Å²) in [5.74, 6) is 3.29. The lowest BCUT2D eigenvalue weighted by Crippen LogP contribution is -3.27. The van der Waals surface area contributed by atoms with Crippen molar-refractivity contribution in [3.63, 3.8) is 0 Å². The Kier molecular flexibility index (Phi) is 7.01. The first-order valence-electron chi connectivity index (χ1n) is 9.75. The number of hydrogen-bond acceptors (Lipinski definition) is 4. The van der Waals surface area contributed by atoms with Crippen LogP contribution in [0.15, 0.2) is 36.4 Å². The van der Waals surface area contributed by atoms with Gasteiger partial charge in [-0.15, -0.1) is 0 Å². The second-order valence-corrected chi connectivity index (χ2v) is 7.26. The van der Waals surface area contributed by atoms with Crippen LogP contribution in [0.3, 0.4) is 0 Å². The number of rotatable bonds is 8. The highest BCUT2D eigenvalue weighted by Gasteiger charge is 2.24. The molecule has 2 N–H and O–H groups in total. The number of quaternary nitrogens is 2. The van der Waals surface area contributed by atoms with Gasteiger partial charge in [-0.25, -0.2) is 0 Å². The molecule has 3 rings (SSSR count). The molecular formula is C22H32N2O4+2. The van der Waals surface area contributed by atoms with Gasteiger partial charge in [0.2, 0.25) is 0 Å². The third-order valence-electron chi connectivity index (χ3n) is 5.43. The fourth-order valence-electron chi connectivity index (χ4n) is 3.85. The molecule has 1 aliphatic rings. The molecule has 0 saturated carbocycles. The Morgan fingerprint density at radius 3 is 1.64 bits per heavy atom. The summed E-state index contributed by atoms with van der Waals surface area (Å²) in [6, 6.07) is 12.4. The summed E-state index contributed by atoms with van der Waals surface area (Å²) in [7, 11) is 6.75. The zero-order chi connectivity index (χ0) is 19.9. The highest BCUT2D eigenvalue weighted by Crippen LogP contribution is 2.27. The number of piperazine rings is 1. The van der Waals surface area contributed by atoms with Gasteiger partial charge in [0.15, 0.2) is 11.5 Å². The first-order chi connectivity index (χ1) is 13.6. The van der Waals surface area contributed by atoms with Gasteiger partial charge in [-0.3, -0.25) is 0 Å². The summed E-state index contributed by atoms with van der Waals surface area (Å²) in [6.45, 7) is 6.64. The van der Waals surface area contributed by atoms with E-state index in [0.29, 0.717) is 0 Å². The zero-order valence-electron chi connectivity index (χ0n) is 17.3. The van der Waals surface area contributed by atoms with E-state index in [2.05, 4.69) is 24.3 Å². The molecule has 0 aliphatic carbocycles. The molecule has 0 aromatic heterocycles. The smallest absolute Gasteiger partial charge is 0.161 e. The van der Waals surface area contributed by atoms with Gasteiger partial charge >= 0.3 is 0 Å². The maximum atomic E-state index is 5.43. The Morgan fingerprint density at radius 1 is 0.607 bits per heavy atom. The molecule has 28 heavy (non-hydrogen) atoms. The van der Waals surface area contributed by atoms with Crippen LogP contribution >= 0.6 is 0 Å². The molecule has 1 aliphatic heterocycles. The highest BCUT2D eigenvalue weighted by molar-refractivity contribution is 5.42. The van der Waals surface area contributed by atoms with Crippen LogP contribution in [0.4, 0.5) is 0 Å². The number of nitrogens with one attached hydrogen (secondary N) is 2. The van der Waals surface area contributed by atoms with Crippen LogP contribution in [0.25, 0.3) is 0 Å². The number of methoxy groups -OCH3 is 4. The molecule has 6 heteroatoms. The quantitative estimate of drug-likeness (QED) is 0.679. The molecule has 0 unspecified atom stereocenters. The van der Waals surface area contributed by atoms with Gasteiger partial charge in [0.1, 0.15) is 50.8 Å². The van der Waals surface area contributed by atoms with E-state index in [1.807, 2.05) is 12.1 Å². The standard InChI is InChI=1S/C22H30N2O4/c1-25-19-11-18(12-20(14-19)26-2)16-24-9-7-23(8-10-24)15-17-5-6-21(27-3)22(13-17)28-4/h5-6,11-14H,7-10,15-16H2,1-4H3/p+2. The molecule has 0 atom stereocenters. The molecular weight excluding hydrogens is 356 g/mol. The van der Waals surface area contributed by atoms with E-state index < -0.39 is 0 Å². The van der Waals surface area contributed by atoms with E-state index in [1.54, 1.807) is 38.2 Å². The maximum Gasteiger partial charge on any atom is 0.161 e. The zero-order valence-corrected chi connectivity index (χ0v) is 17.3. The van der Waals surface area contributed by atoms with Crippen molar-refractivity contribution >= 4 is 0 Å². The molecule has 6 nitrogen and oxygen atoms in total. The van der Waals surface area contributed by atoms with E-state index in [1.165, 1.54) is 11.1 Å². The fourth-order valence-corrected chi connectivity index (χ4v) is 3.85. The second-order valence-electron chi connectivity index (χ2n) is 7.26. The largest absolute Gasteiger partial charge is 0.497 e. The molecule has 2 aromatic carbocycles. The van der Waals surface area contributed by atoms with Gasteiger partial charge in [-0.05, 0) is 30.3 Å². The minimum atomic E-state index is 0.782. The monoisotopic (exact) mass is 388 g/mol. The normalized spacial score (nSPS) is 19.1. The molecule has 2 aromatic rings. The predicted octanol–water partition coefficient (Wildman–Crippen LogP) is 0.205. The third kappa shape index (κ3) is 5.09. The van der Waals surface area contributed by atoms with Crippen LogP contribution in [-0.4, -0.2) is 54.6 Å². The Balaban J connectivity index is 1.55. The Labute approximate surface area is 167 Å². The van der Waals surface area contributed by atoms with Crippen LogP contribution in [0, 0.1) is 0 Å². The minimum Gasteiger partial charge on any atom is -0.497 e. The topological polar surface area (TPSA) is 45.8 Å². The van der Waals surface area contributed by atoms with E-state index >= 15 is 0 Å². The predicted molar refractivity (Wildman–Crippen MR) is 108 cm³/mol. The number of benzene rings is 2. The molecule has 0 bridgehead atoms. The van der Waals surface area contributed by atoms with Crippen LogP contribution in [0.5, 0.6) is 23.0 Å². The SMILES string of the molecule is COc1cc(C[NH+]2CC[NH+](Cc3ccc(OC)c(OC)c3)CC2)cc(OC)c1. The first-order valence-corrected chi connectivity index (χ1v) is 9.75. The molecule has 0 spiro atoms. The molecule has 0 amide bonds. The highest BCUT2D eigenvalue weighted by atomic mass is 16.5. The minimum absolute atomic E-state index is 0.782. The van der Waals surface area contributed by atoms with Crippen LogP contribution < -0.4 is 28.7 Å². The summed E-state index contributed by atoms with van der Waals surface area (Å²) in [5, 5.41) is 0. The lowest BCUT2D eigenvalue weighted by Gasteiger charge is -2.30. The van der Waals surface area contributed by atoms with Crippen molar-refractivity contribution < 1.29 is 28.7 Å². The average Bonchev–Trinajstić information content (AvgIpc) is 2.74. The van der Waals surface area contributed by atoms with Gasteiger partial charge in [-0.2, -0.15) is 0 Å². The van der Waals surface area contributed by atoms with Crippen LogP contribution in [0.2, 0.25) is 0 Å². The molecule has 152 valence electrons. The van der Waals surface area contributed by atoms with Crippen LogP contribution in [-0.2, 0) is 13.1 Å². The van der Waals surface area contributed by atoms with Crippen LogP contribution in [0.1, 0.15) is 11.1 Å². The van der Waals surface area contributed by atoms with Gasteiger partial charge in [-0.1, -0.05) is 0 Å². The van der Waals surface area contributed by atoms with E-state index in [9.17, 15) is 0 Å². The molecule has 1 fully saturated rings. The maximum absolute atomic E-state index is 5.43. The Hall–Kier alpha value is -2.44. The van der Waals surface area contributed by atoms with Crippen molar-refractivity contribution in [2.75, 3.05) is 54.6 Å².